The molecule has 1 aliphatic rings. The molecule has 106 valence electrons. The van der Waals surface area contributed by atoms with E-state index >= 15 is 0 Å². The van der Waals surface area contributed by atoms with E-state index < -0.39 is 18.0 Å². The van der Waals surface area contributed by atoms with Gasteiger partial charge in [0.05, 0.1) is 6.61 Å². The number of nitrogens with zero attached hydrogens (tertiary/aromatic N) is 1. The Morgan fingerprint density at radius 2 is 1.94 bits per heavy atom. The first-order valence-electron chi connectivity index (χ1n) is 5.44. The van der Waals surface area contributed by atoms with Gasteiger partial charge in [-0.1, -0.05) is 0 Å². The van der Waals surface area contributed by atoms with Crippen LogP contribution < -0.4 is 0 Å². The minimum atomic E-state index is -5.86. The molecule has 18 heavy (non-hydrogen) atoms. The Morgan fingerprint density at radius 3 is 2.39 bits per heavy atom. The van der Waals surface area contributed by atoms with Crippen LogP contribution in [0.5, 0.6) is 0 Å². The van der Waals surface area contributed by atoms with Crippen LogP contribution in [0, 0.1) is 5.92 Å². The quantitative estimate of drug-likeness (QED) is 0.738. The number of amides is 1. The van der Waals surface area contributed by atoms with Gasteiger partial charge in [0.2, 0.25) is 0 Å². The largest absolute Gasteiger partial charge is 0.463 e. The number of carbonyl (C=O) groups is 1. The third-order valence-electron chi connectivity index (χ3n) is 2.76. The number of halogens is 5. The van der Waals surface area contributed by atoms with Crippen LogP contribution in [0.15, 0.2) is 0 Å². The van der Waals surface area contributed by atoms with Gasteiger partial charge in [0.25, 0.3) is 0 Å². The second kappa shape index (κ2) is 5.38. The van der Waals surface area contributed by atoms with Crippen molar-refractivity contribution in [1.82, 2.24) is 4.90 Å². The Balaban J connectivity index is 2.60. The summed E-state index contributed by atoms with van der Waals surface area (Å²) in [5, 5.41) is 0. The van der Waals surface area contributed by atoms with Crippen molar-refractivity contribution >= 4 is 5.91 Å². The highest BCUT2D eigenvalue weighted by molar-refractivity contribution is 5.84. The van der Waals surface area contributed by atoms with Crippen molar-refractivity contribution < 1.29 is 31.5 Å². The summed E-state index contributed by atoms with van der Waals surface area (Å²) in [4.78, 5) is 11.5. The summed E-state index contributed by atoms with van der Waals surface area (Å²) in [5.41, 5.74) is 0. The van der Waals surface area contributed by atoms with E-state index in [0.29, 0.717) is 24.3 Å². The van der Waals surface area contributed by atoms with Crippen molar-refractivity contribution in [2.24, 2.45) is 5.92 Å². The molecule has 1 rings (SSSR count). The molecule has 0 aromatic rings. The average Bonchev–Trinajstić information content (AvgIpc) is 2.27. The van der Waals surface area contributed by atoms with Gasteiger partial charge in [0.15, 0.2) is 0 Å². The molecule has 0 aromatic carbocycles. The van der Waals surface area contributed by atoms with Crippen LogP contribution in [0.4, 0.5) is 22.0 Å². The molecule has 0 aliphatic carbocycles. The van der Waals surface area contributed by atoms with Gasteiger partial charge < -0.3 is 9.64 Å². The number of rotatable bonds is 3. The molecule has 1 unspecified atom stereocenters. The molecule has 1 amide bonds. The molecule has 0 aromatic heterocycles. The van der Waals surface area contributed by atoms with E-state index in [1.807, 2.05) is 0 Å². The van der Waals surface area contributed by atoms with E-state index in [1.165, 1.54) is 0 Å². The van der Waals surface area contributed by atoms with E-state index in [9.17, 15) is 26.7 Å². The number of ether oxygens (including phenoxy) is 1. The van der Waals surface area contributed by atoms with E-state index in [0.717, 1.165) is 7.05 Å². The number of alkyl halides is 5. The first-order chi connectivity index (χ1) is 8.16. The van der Waals surface area contributed by atoms with Gasteiger partial charge in [-0.2, -0.15) is 22.0 Å². The zero-order valence-corrected chi connectivity index (χ0v) is 9.77. The summed E-state index contributed by atoms with van der Waals surface area (Å²) in [6.07, 6.45) is -4.50. The fourth-order valence-electron chi connectivity index (χ4n) is 1.78. The molecule has 0 spiro atoms. The lowest BCUT2D eigenvalue weighted by Gasteiger charge is -2.29. The SMILES string of the molecule is CN(CC1CCCOC1)C(=O)C(F)(F)C(F)(F)F. The van der Waals surface area contributed by atoms with Gasteiger partial charge in [-0.3, -0.25) is 4.79 Å². The van der Waals surface area contributed by atoms with Crippen LogP contribution in [0.2, 0.25) is 0 Å². The highest BCUT2D eigenvalue weighted by Gasteiger charge is 2.64. The molecular weight excluding hydrogens is 261 g/mol. The third-order valence-corrected chi connectivity index (χ3v) is 2.76. The molecule has 1 aliphatic heterocycles. The predicted octanol–water partition coefficient (Wildman–Crippen LogP) is 2.07. The van der Waals surface area contributed by atoms with Gasteiger partial charge in [-0.25, -0.2) is 0 Å². The van der Waals surface area contributed by atoms with Crippen molar-refractivity contribution in [2.75, 3.05) is 26.8 Å². The van der Waals surface area contributed by atoms with Gasteiger partial charge in [-0.05, 0) is 18.8 Å². The molecular formula is C10H14F5NO2. The number of carbonyl (C=O) groups excluding carboxylic acids is 1. The molecule has 0 radical (unpaired) electrons. The first-order valence-corrected chi connectivity index (χ1v) is 5.44. The molecule has 1 saturated heterocycles. The summed E-state index contributed by atoms with van der Waals surface area (Å²) in [5.74, 6) is -7.76. The van der Waals surface area contributed by atoms with Crippen molar-refractivity contribution in [3.05, 3.63) is 0 Å². The first kappa shape index (κ1) is 15.1. The van der Waals surface area contributed by atoms with E-state index in [4.69, 9.17) is 4.74 Å². The van der Waals surface area contributed by atoms with Crippen molar-refractivity contribution in [1.29, 1.82) is 0 Å². The number of hydrogen-bond donors (Lipinski definition) is 0. The molecule has 3 nitrogen and oxygen atoms in total. The van der Waals surface area contributed by atoms with Crippen LogP contribution in [-0.4, -0.2) is 49.7 Å². The summed E-state index contributed by atoms with van der Waals surface area (Å²) in [7, 11) is 0.941. The van der Waals surface area contributed by atoms with Gasteiger partial charge in [0, 0.05) is 20.2 Å². The van der Waals surface area contributed by atoms with Crippen molar-refractivity contribution in [2.45, 2.75) is 24.9 Å². The van der Waals surface area contributed by atoms with Crippen molar-refractivity contribution in [3.8, 4) is 0 Å². The summed E-state index contributed by atoms with van der Waals surface area (Å²) >= 11 is 0. The van der Waals surface area contributed by atoms with Gasteiger partial charge in [-0.15, -0.1) is 0 Å². The van der Waals surface area contributed by atoms with E-state index in [2.05, 4.69) is 0 Å². The molecule has 8 heteroatoms. The number of hydrogen-bond acceptors (Lipinski definition) is 2. The zero-order chi connectivity index (χ0) is 14.0. The summed E-state index contributed by atoms with van der Waals surface area (Å²) in [6, 6.07) is 0. The second-order valence-electron chi connectivity index (χ2n) is 4.34. The van der Waals surface area contributed by atoms with Crippen molar-refractivity contribution in [3.63, 3.8) is 0 Å². The Morgan fingerprint density at radius 1 is 1.33 bits per heavy atom. The highest BCUT2D eigenvalue weighted by Crippen LogP contribution is 2.36. The molecule has 1 heterocycles. The second-order valence-corrected chi connectivity index (χ2v) is 4.34. The molecule has 1 fully saturated rings. The predicted molar refractivity (Wildman–Crippen MR) is 52.2 cm³/mol. The Bertz CT molecular complexity index is 299. The smallest absolute Gasteiger partial charge is 0.381 e. The Kier molecular flexibility index (Phi) is 4.52. The topological polar surface area (TPSA) is 29.5 Å². The van der Waals surface area contributed by atoms with E-state index in [-0.39, 0.29) is 19.1 Å². The fraction of sp³-hybridized carbons (Fsp3) is 0.900. The lowest BCUT2D eigenvalue weighted by Crippen LogP contribution is -2.52. The summed E-state index contributed by atoms with van der Waals surface area (Å²) in [6.45, 7) is 0.659. The Labute approximate surface area is 101 Å². The lowest BCUT2D eigenvalue weighted by molar-refractivity contribution is -0.274. The van der Waals surface area contributed by atoms with Gasteiger partial charge in [0.1, 0.15) is 0 Å². The van der Waals surface area contributed by atoms with E-state index in [1.54, 1.807) is 0 Å². The maximum atomic E-state index is 12.8. The summed E-state index contributed by atoms with van der Waals surface area (Å²) < 4.78 is 66.6. The fourth-order valence-corrected chi connectivity index (χ4v) is 1.78. The minimum absolute atomic E-state index is 0.162. The van der Waals surface area contributed by atoms with Crippen LogP contribution in [0.25, 0.3) is 0 Å². The average molecular weight is 275 g/mol. The molecule has 1 atom stereocenters. The van der Waals surface area contributed by atoms with Crippen LogP contribution in [0.3, 0.4) is 0 Å². The zero-order valence-electron chi connectivity index (χ0n) is 9.77. The van der Waals surface area contributed by atoms with Gasteiger partial charge >= 0.3 is 18.0 Å². The lowest BCUT2D eigenvalue weighted by atomic mass is 10.0. The maximum absolute atomic E-state index is 12.8. The standard InChI is InChI=1S/C10H14F5NO2/c1-16(5-7-3-2-4-18-6-7)8(17)9(11,12)10(13,14)15/h7H,2-6H2,1H3. The monoisotopic (exact) mass is 275 g/mol. The normalized spacial score (nSPS) is 21.8. The maximum Gasteiger partial charge on any atom is 0.463 e. The molecule has 0 saturated carbocycles. The van der Waals surface area contributed by atoms with Crippen LogP contribution in [0.1, 0.15) is 12.8 Å². The van der Waals surface area contributed by atoms with Crippen LogP contribution in [-0.2, 0) is 9.53 Å². The molecule has 0 N–H and O–H groups in total. The minimum Gasteiger partial charge on any atom is -0.381 e. The Hall–Kier alpha value is -0.920. The van der Waals surface area contributed by atoms with Crippen LogP contribution >= 0.6 is 0 Å². The third kappa shape index (κ3) is 3.30. The highest BCUT2D eigenvalue weighted by atomic mass is 19.4. The molecule has 0 bridgehead atoms.